The average molecular weight is 599 g/mol. The molecule has 1 heterocycles. The fraction of sp³-hybridized carbons (Fsp3) is 0.875. The number of ether oxygens (including phenoxy) is 6. The van der Waals surface area contributed by atoms with E-state index in [0.29, 0.717) is 0 Å². The van der Waals surface area contributed by atoms with Gasteiger partial charge < -0.3 is 28.4 Å². The highest BCUT2D eigenvalue weighted by Crippen LogP contribution is 2.36. The average Bonchev–Trinajstić information content (AvgIpc) is 2.84. The molecule has 2 fully saturated rings. The second kappa shape index (κ2) is 13.6. The lowest BCUT2D eigenvalue weighted by atomic mass is 9.92. The van der Waals surface area contributed by atoms with Crippen LogP contribution in [0.5, 0.6) is 0 Å². The van der Waals surface area contributed by atoms with Crippen molar-refractivity contribution in [2.45, 2.75) is 152 Å². The molecular formula is C32H54O10. The van der Waals surface area contributed by atoms with E-state index < -0.39 is 76.2 Å². The van der Waals surface area contributed by atoms with Gasteiger partial charge in [-0.2, -0.15) is 0 Å². The monoisotopic (exact) mass is 598 g/mol. The molecule has 0 amide bonds. The summed E-state index contributed by atoms with van der Waals surface area (Å²) in [5, 5.41) is 0. The van der Waals surface area contributed by atoms with Crippen molar-refractivity contribution in [3.63, 3.8) is 0 Å². The van der Waals surface area contributed by atoms with Gasteiger partial charge in [-0.15, -0.1) is 0 Å². The van der Waals surface area contributed by atoms with E-state index in [9.17, 15) is 19.2 Å². The third-order valence-electron chi connectivity index (χ3n) is 7.03. The van der Waals surface area contributed by atoms with Crippen LogP contribution in [0.2, 0.25) is 0 Å². The van der Waals surface area contributed by atoms with Gasteiger partial charge in [0, 0.05) is 0 Å². The smallest absolute Gasteiger partial charge is 0.311 e. The Morgan fingerprint density at radius 3 is 1.40 bits per heavy atom. The molecule has 242 valence electrons. The lowest BCUT2D eigenvalue weighted by Gasteiger charge is -2.46. The summed E-state index contributed by atoms with van der Waals surface area (Å²) in [4.78, 5) is 52.5. The van der Waals surface area contributed by atoms with Crippen molar-refractivity contribution in [1.29, 1.82) is 0 Å². The van der Waals surface area contributed by atoms with E-state index >= 15 is 0 Å². The molecule has 2 rings (SSSR count). The van der Waals surface area contributed by atoms with Crippen LogP contribution in [0, 0.1) is 21.7 Å². The number of carbonyl (C=O) groups is 4. The Labute approximate surface area is 251 Å². The van der Waals surface area contributed by atoms with Crippen molar-refractivity contribution in [2.75, 3.05) is 6.61 Å². The number of carbonyl (C=O) groups excluding carboxylic acids is 4. The van der Waals surface area contributed by atoms with Crippen LogP contribution >= 0.6 is 0 Å². The normalized spacial score (nSPS) is 26.2. The topological polar surface area (TPSA) is 124 Å². The van der Waals surface area contributed by atoms with E-state index in [1.807, 2.05) is 0 Å². The standard InChI is InChI=1S/C32H54O10/c1-29(2,3)25(33)37-18-20-21(40-26(34)30(4,5)6)22(41-27(35)31(7,8)9)23(42-28(36)32(10,11)12)24(39-20)38-19-16-14-13-15-17-19/h19-24H,13-18H2,1-12H3/t20-,21+,22+,23-,24-/m1/s1. The summed E-state index contributed by atoms with van der Waals surface area (Å²) >= 11 is 0. The van der Waals surface area contributed by atoms with Gasteiger partial charge in [0.2, 0.25) is 0 Å². The molecule has 42 heavy (non-hydrogen) atoms. The summed E-state index contributed by atoms with van der Waals surface area (Å²) in [7, 11) is 0. The number of esters is 4. The molecular weight excluding hydrogens is 544 g/mol. The largest absolute Gasteiger partial charge is 0.462 e. The van der Waals surface area contributed by atoms with Gasteiger partial charge in [0.25, 0.3) is 0 Å². The third-order valence-corrected chi connectivity index (χ3v) is 7.03. The van der Waals surface area contributed by atoms with Gasteiger partial charge in [-0.3, -0.25) is 19.2 Å². The van der Waals surface area contributed by atoms with E-state index in [1.165, 1.54) is 0 Å². The first-order valence-corrected chi connectivity index (χ1v) is 15.1. The number of rotatable bonds is 7. The maximum atomic E-state index is 13.3. The van der Waals surface area contributed by atoms with Crippen LogP contribution in [-0.4, -0.2) is 67.3 Å². The highest BCUT2D eigenvalue weighted by Gasteiger charge is 2.55. The van der Waals surface area contributed by atoms with Crippen LogP contribution < -0.4 is 0 Å². The minimum Gasteiger partial charge on any atom is -0.462 e. The second-order valence-corrected chi connectivity index (χ2v) is 15.6. The third kappa shape index (κ3) is 10.2. The Balaban J connectivity index is 2.63. The van der Waals surface area contributed by atoms with Crippen molar-refractivity contribution >= 4 is 23.9 Å². The first-order chi connectivity index (χ1) is 19.0. The summed E-state index contributed by atoms with van der Waals surface area (Å²) in [6, 6.07) is 0. The van der Waals surface area contributed by atoms with Crippen molar-refractivity contribution in [2.24, 2.45) is 21.7 Å². The minimum absolute atomic E-state index is 0.176. The van der Waals surface area contributed by atoms with Gasteiger partial charge in [-0.25, -0.2) is 0 Å². The lowest BCUT2D eigenvalue weighted by Crippen LogP contribution is -2.64. The van der Waals surface area contributed by atoms with Crippen molar-refractivity contribution in [3.05, 3.63) is 0 Å². The van der Waals surface area contributed by atoms with Gasteiger partial charge in [-0.05, 0) is 95.9 Å². The molecule has 0 aromatic heterocycles. The van der Waals surface area contributed by atoms with Crippen molar-refractivity contribution < 1.29 is 47.6 Å². The Morgan fingerprint density at radius 1 is 0.571 bits per heavy atom. The second-order valence-electron chi connectivity index (χ2n) is 15.6. The maximum absolute atomic E-state index is 13.3. The van der Waals surface area contributed by atoms with Crippen LogP contribution in [-0.2, 0) is 47.6 Å². The molecule has 1 saturated heterocycles. The van der Waals surface area contributed by atoms with Gasteiger partial charge in [-0.1, -0.05) is 19.3 Å². The zero-order chi connectivity index (χ0) is 32.3. The predicted molar refractivity (Wildman–Crippen MR) is 155 cm³/mol. The van der Waals surface area contributed by atoms with Gasteiger partial charge in [0.05, 0.1) is 27.8 Å². The highest BCUT2D eigenvalue weighted by atomic mass is 16.7. The maximum Gasteiger partial charge on any atom is 0.311 e. The Kier molecular flexibility index (Phi) is 11.7. The van der Waals surface area contributed by atoms with Crippen LogP contribution in [0.15, 0.2) is 0 Å². The SMILES string of the molecule is CC(C)(C)C(=O)OC[C@H]1O[C@@H](OC2CCCCC2)[C@H](OC(=O)C(C)(C)C)[C@@H](OC(=O)C(C)(C)C)[C@H]1OC(=O)C(C)(C)C. The molecule has 0 aromatic rings. The van der Waals surface area contributed by atoms with E-state index in [2.05, 4.69) is 0 Å². The van der Waals surface area contributed by atoms with E-state index in [-0.39, 0.29) is 12.7 Å². The van der Waals surface area contributed by atoms with Gasteiger partial charge in [0.1, 0.15) is 12.7 Å². The van der Waals surface area contributed by atoms with Crippen LogP contribution in [0.25, 0.3) is 0 Å². The molecule has 1 aliphatic heterocycles. The first-order valence-electron chi connectivity index (χ1n) is 15.1. The molecule has 1 aliphatic carbocycles. The van der Waals surface area contributed by atoms with Crippen molar-refractivity contribution in [3.8, 4) is 0 Å². The van der Waals surface area contributed by atoms with Crippen LogP contribution in [0.4, 0.5) is 0 Å². The fourth-order valence-electron chi connectivity index (χ4n) is 4.19. The molecule has 0 aromatic carbocycles. The van der Waals surface area contributed by atoms with E-state index in [1.54, 1.807) is 83.1 Å². The summed E-state index contributed by atoms with van der Waals surface area (Å²) in [6.45, 7) is 20.1. The molecule has 5 atom stereocenters. The number of hydrogen-bond acceptors (Lipinski definition) is 10. The molecule has 10 heteroatoms. The molecule has 2 aliphatic rings. The zero-order valence-electron chi connectivity index (χ0n) is 27.8. The van der Waals surface area contributed by atoms with Crippen LogP contribution in [0.1, 0.15) is 115 Å². The lowest BCUT2D eigenvalue weighted by molar-refractivity contribution is -0.321. The fourth-order valence-corrected chi connectivity index (χ4v) is 4.19. The predicted octanol–water partition coefficient (Wildman–Crippen LogP) is 5.52. The first kappa shape index (κ1) is 36.0. The van der Waals surface area contributed by atoms with E-state index in [0.717, 1.165) is 32.1 Å². The summed E-state index contributed by atoms with van der Waals surface area (Å²) in [6.07, 6.45) is -1.60. The Hall–Kier alpha value is -2.20. The molecule has 10 nitrogen and oxygen atoms in total. The van der Waals surface area contributed by atoms with Gasteiger partial charge in [0.15, 0.2) is 24.6 Å². The van der Waals surface area contributed by atoms with Crippen LogP contribution in [0.3, 0.4) is 0 Å². The zero-order valence-corrected chi connectivity index (χ0v) is 27.8. The Morgan fingerprint density at radius 2 is 0.976 bits per heavy atom. The summed E-state index contributed by atoms with van der Waals surface area (Å²) in [5.41, 5.74) is -3.54. The molecule has 0 N–H and O–H groups in total. The molecule has 0 radical (unpaired) electrons. The minimum atomic E-state index is -1.30. The molecule has 1 saturated carbocycles. The highest BCUT2D eigenvalue weighted by molar-refractivity contribution is 5.78. The molecule has 0 spiro atoms. The summed E-state index contributed by atoms with van der Waals surface area (Å²) < 4.78 is 36.4. The summed E-state index contributed by atoms with van der Waals surface area (Å²) in [5.74, 6) is -2.23. The molecule has 0 unspecified atom stereocenters. The van der Waals surface area contributed by atoms with Crippen molar-refractivity contribution in [1.82, 2.24) is 0 Å². The Bertz CT molecular complexity index is 954. The van der Waals surface area contributed by atoms with Gasteiger partial charge >= 0.3 is 23.9 Å². The quantitative estimate of drug-likeness (QED) is 0.273. The number of hydrogen-bond donors (Lipinski definition) is 0. The molecule has 0 bridgehead atoms. The van der Waals surface area contributed by atoms with E-state index in [4.69, 9.17) is 28.4 Å².